The fourth-order valence-electron chi connectivity index (χ4n) is 1.75. The lowest BCUT2D eigenvalue weighted by Gasteiger charge is -2.32. The Hall–Kier alpha value is -0.610. The van der Waals surface area contributed by atoms with E-state index in [4.69, 9.17) is 15.6 Å². The molecule has 3 N–H and O–H groups in total. The molecule has 0 radical (unpaired) electrons. The highest BCUT2D eigenvalue weighted by molar-refractivity contribution is 5.71. The van der Waals surface area contributed by atoms with Gasteiger partial charge in [-0.2, -0.15) is 0 Å². The maximum Gasteiger partial charge on any atom is 0.308 e. The number of carbonyl (C=O) groups is 1. The van der Waals surface area contributed by atoms with Crippen molar-refractivity contribution in [3.05, 3.63) is 0 Å². The summed E-state index contributed by atoms with van der Waals surface area (Å²) in [5.74, 6) is -1.23. The Morgan fingerprint density at radius 2 is 2.25 bits per heavy atom. The molecule has 3 unspecified atom stereocenters. The van der Waals surface area contributed by atoms with E-state index in [0.29, 0.717) is 6.42 Å². The molecule has 4 heteroatoms. The Labute approximate surface area is 71.7 Å². The van der Waals surface area contributed by atoms with E-state index in [1.807, 2.05) is 0 Å². The van der Waals surface area contributed by atoms with Crippen molar-refractivity contribution in [2.45, 2.75) is 31.4 Å². The van der Waals surface area contributed by atoms with E-state index >= 15 is 0 Å². The average Bonchev–Trinajstić information content (AvgIpc) is 2.04. The van der Waals surface area contributed by atoms with Gasteiger partial charge in [0.1, 0.15) is 0 Å². The molecule has 1 aliphatic rings. The second-order valence-electron chi connectivity index (χ2n) is 3.23. The summed E-state index contributed by atoms with van der Waals surface area (Å²) in [6.45, 7) is 0. The average molecular weight is 173 g/mol. The molecule has 1 saturated carbocycles. The van der Waals surface area contributed by atoms with Crippen molar-refractivity contribution in [2.75, 3.05) is 7.11 Å². The first-order valence-electron chi connectivity index (χ1n) is 4.18. The van der Waals surface area contributed by atoms with Crippen molar-refractivity contribution in [1.82, 2.24) is 0 Å². The molecule has 0 aliphatic heterocycles. The maximum atomic E-state index is 10.7. The van der Waals surface area contributed by atoms with Crippen LogP contribution >= 0.6 is 0 Å². The van der Waals surface area contributed by atoms with Gasteiger partial charge >= 0.3 is 5.97 Å². The summed E-state index contributed by atoms with van der Waals surface area (Å²) in [7, 11) is 1.58. The van der Waals surface area contributed by atoms with Crippen LogP contribution in [0.5, 0.6) is 0 Å². The molecule has 12 heavy (non-hydrogen) atoms. The topological polar surface area (TPSA) is 72.5 Å². The lowest BCUT2D eigenvalue weighted by molar-refractivity contribution is -0.145. The predicted molar refractivity (Wildman–Crippen MR) is 43.7 cm³/mol. The molecule has 0 aromatic heterocycles. The number of ether oxygens (including phenoxy) is 1. The van der Waals surface area contributed by atoms with Crippen LogP contribution in [0.4, 0.5) is 0 Å². The molecule has 0 spiro atoms. The predicted octanol–water partition coefficient (Wildman–Crippen LogP) is 0.213. The first kappa shape index (κ1) is 9.48. The molecule has 1 rings (SSSR count). The van der Waals surface area contributed by atoms with Crippen LogP contribution < -0.4 is 5.73 Å². The molecule has 70 valence electrons. The number of hydrogen-bond donors (Lipinski definition) is 2. The molecule has 0 bridgehead atoms. The molecule has 1 fully saturated rings. The summed E-state index contributed by atoms with van der Waals surface area (Å²) in [5, 5.41) is 8.79. The van der Waals surface area contributed by atoms with Crippen LogP contribution in [0.3, 0.4) is 0 Å². The standard InChI is InChI=1S/C8H15NO3/c1-12-6-4-2-3-5(7(6)9)8(10)11/h5-7H,2-4,9H2,1H3,(H,10,11). The summed E-state index contributed by atoms with van der Waals surface area (Å²) >= 11 is 0. The molecule has 0 aromatic rings. The maximum absolute atomic E-state index is 10.7. The van der Waals surface area contributed by atoms with E-state index in [1.54, 1.807) is 7.11 Å². The van der Waals surface area contributed by atoms with Crippen LogP contribution in [-0.4, -0.2) is 30.3 Å². The SMILES string of the molecule is COC1CCCC(C(=O)O)C1N. The minimum Gasteiger partial charge on any atom is -0.481 e. The van der Waals surface area contributed by atoms with Gasteiger partial charge < -0.3 is 15.6 Å². The molecule has 4 nitrogen and oxygen atoms in total. The third-order valence-corrected chi connectivity index (χ3v) is 2.52. The normalized spacial score (nSPS) is 36.3. The monoisotopic (exact) mass is 173 g/mol. The minimum absolute atomic E-state index is 0.0835. The highest BCUT2D eigenvalue weighted by Crippen LogP contribution is 2.25. The molecule has 0 heterocycles. The second-order valence-corrected chi connectivity index (χ2v) is 3.23. The van der Waals surface area contributed by atoms with Crippen LogP contribution in [0.1, 0.15) is 19.3 Å². The Kier molecular flexibility index (Phi) is 3.05. The van der Waals surface area contributed by atoms with Gasteiger partial charge in [-0.1, -0.05) is 0 Å². The number of methoxy groups -OCH3 is 1. The first-order valence-corrected chi connectivity index (χ1v) is 4.18. The van der Waals surface area contributed by atoms with Gasteiger partial charge in [-0.25, -0.2) is 0 Å². The number of aliphatic carboxylic acids is 1. The third kappa shape index (κ3) is 1.76. The van der Waals surface area contributed by atoms with Crippen molar-refractivity contribution in [1.29, 1.82) is 0 Å². The van der Waals surface area contributed by atoms with Crippen molar-refractivity contribution < 1.29 is 14.6 Å². The number of carboxylic acids is 1. The van der Waals surface area contributed by atoms with Gasteiger partial charge in [0.15, 0.2) is 0 Å². The van der Waals surface area contributed by atoms with Gasteiger partial charge in [0, 0.05) is 13.2 Å². The zero-order valence-electron chi connectivity index (χ0n) is 7.19. The second kappa shape index (κ2) is 3.87. The lowest BCUT2D eigenvalue weighted by Crippen LogP contribution is -2.48. The van der Waals surface area contributed by atoms with Gasteiger partial charge in [-0.05, 0) is 19.3 Å². The number of carboxylic acid groups (broad SMARTS) is 1. The third-order valence-electron chi connectivity index (χ3n) is 2.52. The summed E-state index contributed by atoms with van der Waals surface area (Å²) in [6, 6.07) is -0.346. The quantitative estimate of drug-likeness (QED) is 0.626. The summed E-state index contributed by atoms with van der Waals surface area (Å²) in [6.07, 6.45) is 2.36. The van der Waals surface area contributed by atoms with Crippen molar-refractivity contribution in [3.63, 3.8) is 0 Å². The number of rotatable bonds is 2. The minimum atomic E-state index is -0.802. The van der Waals surface area contributed by atoms with Crippen LogP contribution in [0.2, 0.25) is 0 Å². The van der Waals surface area contributed by atoms with Gasteiger partial charge in [-0.15, -0.1) is 0 Å². The van der Waals surface area contributed by atoms with Crippen LogP contribution in [0, 0.1) is 5.92 Å². The Morgan fingerprint density at radius 3 is 2.75 bits per heavy atom. The van der Waals surface area contributed by atoms with Crippen LogP contribution in [0.15, 0.2) is 0 Å². The van der Waals surface area contributed by atoms with Crippen LogP contribution in [-0.2, 0) is 9.53 Å². The summed E-state index contributed by atoms with van der Waals surface area (Å²) in [4.78, 5) is 10.7. The number of nitrogens with two attached hydrogens (primary N) is 1. The van der Waals surface area contributed by atoms with E-state index in [2.05, 4.69) is 0 Å². The highest BCUT2D eigenvalue weighted by Gasteiger charge is 2.34. The molecule has 3 atom stereocenters. The largest absolute Gasteiger partial charge is 0.481 e. The van der Waals surface area contributed by atoms with Crippen molar-refractivity contribution in [2.24, 2.45) is 11.7 Å². The molecule has 0 aromatic carbocycles. The zero-order valence-corrected chi connectivity index (χ0v) is 7.19. The van der Waals surface area contributed by atoms with Gasteiger partial charge in [0.25, 0.3) is 0 Å². The van der Waals surface area contributed by atoms with E-state index in [0.717, 1.165) is 12.8 Å². The van der Waals surface area contributed by atoms with Gasteiger partial charge in [0.05, 0.1) is 12.0 Å². The van der Waals surface area contributed by atoms with E-state index in [1.165, 1.54) is 0 Å². The molecule has 0 saturated heterocycles. The lowest BCUT2D eigenvalue weighted by atomic mass is 9.83. The molecule has 1 aliphatic carbocycles. The van der Waals surface area contributed by atoms with E-state index in [-0.39, 0.29) is 12.1 Å². The highest BCUT2D eigenvalue weighted by atomic mass is 16.5. The zero-order chi connectivity index (χ0) is 9.14. The smallest absolute Gasteiger partial charge is 0.308 e. The van der Waals surface area contributed by atoms with E-state index < -0.39 is 11.9 Å². The van der Waals surface area contributed by atoms with Gasteiger partial charge in [-0.3, -0.25) is 4.79 Å². The Balaban J connectivity index is 2.59. The Bertz CT molecular complexity index is 172. The molecular weight excluding hydrogens is 158 g/mol. The molecular formula is C8H15NO3. The molecule has 0 amide bonds. The Morgan fingerprint density at radius 1 is 1.58 bits per heavy atom. The summed E-state index contributed by atoms with van der Waals surface area (Å²) < 4.78 is 5.10. The van der Waals surface area contributed by atoms with Crippen molar-refractivity contribution >= 4 is 5.97 Å². The van der Waals surface area contributed by atoms with Crippen LogP contribution in [0.25, 0.3) is 0 Å². The number of hydrogen-bond acceptors (Lipinski definition) is 3. The van der Waals surface area contributed by atoms with E-state index in [9.17, 15) is 4.79 Å². The first-order chi connectivity index (χ1) is 5.66. The van der Waals surface area contributed by atoms with Gasteiger partial charge in [0.2, 0.25) is 0 Å². The van der Waals surface area contributed by atoms with Crippen molar-refractivity contribution in [3.8, 4) is 0 Å². The summed E-state index contributed by atoms with van der Waals surface area (Å²) in [5.41, 5.74) is 5.73. The fraction of sp³-hybridized carbons (Fsp3) is 0.875. The fourth-order valence-corrected chi connectivity index (χ4v) is 1.75.